The molecule has 0 unspecified atom stereocenters. The van der Waals surface area contributed by atoms with Crippen LogP contribution in [-0.2, 0) is 4.79 Å². The van der Waals surface area contributed by atoms with E-state index in [1.54, 1.807) is 0 Å². The van der Waals surface area contributed by atoms with Gasteiger partial charge in [-0.1, -0.05) is 43.7 Å². The van der Waals surface area contributed by atoms with E-state index in [0.717, 1.165) is 36.2 Å². The number of unbranched alkanes of at least 4 members (excludes halogenated alkanes) is 1. The second kappa shape index (κ2) is 6.00. The van der Waals surface area contributed by atoms with Crippen LogP contribution < -0.4 is 10.6 Å². The number of carbonyl (C=O) groups is 1. The first-order valence-electron chi connectivity index (χ1n) is 7.54. The van der Waals surface area contributed by atoms with E-state index in [9.17, 15) is 4.79 Å². The van der Waals surface area contributed by atoms with Gasteiger partial charge in [0.2, 0.25) is 5.91 Å². The summed E-state index contributed by atoms with van der Waals surface area (Å²) in [6.07, 6.45) is 4.50. The maximum Gasteiger partial charge on any atom is 0.224 e. The number of nitrogens with one attached hydrogen (secondary N) is 2. The van der Waals surface area contributed by atoms with Crippen molar-refractivity contribution >= 4 is 27.9 Å². The fraction of sp³-hybridized carbons (Fsp3) is 0.278. The van der Waals surface area contributed by atoms with Crippen LogP contribution in [-0.4, -0.2) is 12.5 Å². The summed E-state index contributed by atoms with van der Waals surface area (Å²) < 4.78 is 0. The molecule has 108 valence electrons. The van der Waals surface area contributed by atoms with Gasteiger partial charge in [-0.05, 0) is 29.0 Å². The number of amides is 1. The fourth-order valence-electron chi connectivity index (χ4n) is 2.76. The lowest BCUT2D eigenvalue weighted by Crippen LogP contribution is -2.24. The average molecular weight is 280 g/mol. The third-order valence-corrected chi connectivity index (χ3v) is 3.86. The van der Waals surface area contributed by atoms with E-state index >= 15 is 0 Å². The molecule has 1 aliphatic heterocycles. The van der Waals surface area contributed by atoms with Gasteiger partial charge in [-0.25, -0.2) is 0 Å². The van der Waals surface area contributed by atoms with Gasteiger partial charge in [-0.3, -0.25) is 4.79 Å². The Bertz CT molecular complexity index is 698. The topological polar surface area (TPSA) is 41.1 Å². The number of hydrogen-bond donors (Lipinski definition) is 2. The smallest absolute Gasteiger partial charge is 0.224 e. The SMILES string of the molecule is CCCCNC(=O)CC1=CNc2cccc3cccc1c23. The predicted molar refractivity (Wildman–Crippen MR) is 88.1 cm³/mol. The first-order valence-corrected chi connectivity index (χ1v) is 7.54. The molecule has 2 aromatic rings. The quantitative estimate of drug-likeness (QED) is 0.815. The van der Waals surface area contributed by atoms with Crippen molar-refractivity contribution in [3.05, 3.63) is 48.2 Å². The van der Waals surface area contributed by atoms with Gasteiger partial charge in [0.25, 0.3) is 0 Å². The normalized spacial score (nSPS) is 12.7. The van der Waals surface area contributed by atoms with E-state index in [2.05, 4.69) is 47.9 Å². The Labute approximate surface area is 125 Å². The zero-order valence-corrected chi connectivity index (χ0v) is 12.3. The molecule has 3 rings (SSSR count). The van der Waals surface area contributed by atoms with Crippen molar-refractivity contribution in [3.8, 4) is 0 Å². The van der Waals surface area contributed by atoms with Crippen molar-refractivity contribution in [2.24, 2.45) is 0 Å². The second-order valence-electron chi connectivity index (χ2n) is 5.40. The minimum absolute atomic E-state index is 0.0906. The van der Waals surface area contributed by atoms with Crippen molar-refractivity contribution in [2.45, 2.75) is 26.2 Å². The van der Waals surface area contributed by atoms with Crippen LogP contribution in [0.25, 0.3) is 16.3 Å². The van der Waals surface area contributed by atoms with Crippen LogP contribution in [0.4, 0.5) is 5.69 Å². The molecule has 0 saturated heterocycles. The molecule has 0 aromatic heterocycles. The summed E-state index contributed by atoms with van der Waals surface area (Å²) in [5.41, 5.74) is 3.32. The Morgan fingerprint density at radius 3 is 2.81 bits per heavy atom. The minimum atomic E-state index is 0.0906. The molecule has 1 amide bonds. The molecular weight excluding hydrogens is 260 g/mol. The lowest BCUT2D eigenvalue weighted by atomic mass is 9.93. The van der Waals surface area contributed by atoms with Crippen molar-refractivity contribution in [1.82, 2.24) is 5.32 Å². The van der Waals surface area contributed by atoms with Crippen molar-refractivity contribution in [2.75, 3.05) is 11.9 Å². The summed E-state index contributed by atoms with van der Waals surface area (Å²) in [4.78, 5) is 12.0. The predicted octanol–water partition coefficient (Wildman–Crippen LogP) is 3.91. The summed E-state index contributed by atoms with van der Waals surface area (Å²) in [5.74, 6) is 0.0906. The average Bonchev–Trinajstić information content (AvgIpc) is 2.51. The molecule has 2 aromatic carbocycles. The Kier molecular flexibility index (Phi) is 3.91. The Morgan fingerprint density at radius 1 is 1.19 bits per heavy atom. The molecule has 2 N–H and O–H groups in total. The van der Waals surface area contributed by atoms with Crippen LogP contribution in [0.2, 0.25) is 0 Å². The second-order valence-corrected chi connectivity index (χ2v) is 5.40. The Morgan fingerprint density at radius 2 is 2.00 bits per heavy atom. The van der Waals surface area contributed by atoms with E-state index < -0.39 is 0 Å². The molecule has 0 spiro atoms. The van der Waals surface area contributed by atoms with Crippen LogP contribution in [0.5, 0.6) is 0 Å². The third-order valence-electron chi connectivity index (χ3n) is 3.86. The zero-order valence-electron chi connectivity index (χ0n) is 12.3. The van der Waals surface area contributed by atoms with Crippen LogP contribution in [0.1, 0.15) is 31.7 Å². The van der Waals surface area contributed by atoms with E-state index in [0.29, 0.717) is 6.42 Å². The summed E-state index contributed by atoms with van der Waals surface area (Å²) in [6.45, 7) is 2.88. The molecule has 0 atom stereocenters. The molecule has 1 heterocycles. The van der Waals surface area contributed by atoms with Gasteiger partial charge in [-0.15, -0.1) is 0 Å². The summed E-state index contributed by atoms with van der Waals surface area (Å²) in [6, 6.07) is 12.5. The Hall–Kier alpha value is -2.29. The third kappa shape index (κ3) is 2.77. The number of benzene rings is 2. The molecule has 3 nitrogen and oxygen atoms in total. The molecule has 0 fully saturated rings. The highest BCUT2D eigenvalue weighted by atomic mass is 16.1. The van der Waals surface area contributed by atoms with Gasteiger partial charge in [0, 0.05) is 23.8 Å². The number of anilines is 1. The Balaban J connectivity index is 1.83. The summed E-state index contributed by atoms with van der Waals surface area (Å²) >= 11 is 0. The highest BCUT2D eigenvalue weighted by molar-refractivity contribution is 6.07. The van der Waals surface area contributed by atoms with Crippen LogP contribution in [0.15, 0.2) is 42.6 Å². The van der Waals surface area contributed by atoms with Gasteiger partial charge in [0.15, 0.2) is 0 Å². The maximum atomic E-state index is 12.0. The van der Waals surface area contributed by atoms with Gasteiger partial charge >= 0.3 is 0 Å². The van der Waals surface area contributed by atoms with E-state index in [4.69, 9.17) is 0 Å². The highest BCUT2D eigenvalue weighted by Gasteiger charge is 2.16. The summed E-state index contributed by atoms with van der Waals surface area (Å²) in [7, 11) is 0. The fourth-order valence-corrected chi connectivity index (χ4v) is 2.76. The molecular formula is C18H20N2O. The van der Waals surface area contributed by atoms with Gasteiger partial charge in [-0.2, -0.15) is 0 Å². The van der Waals surface area contributed by atoms with Gasteiger partial charge in [0.1, 0.15) is 0 Å². The molecule has 0 bridgehead atoms. The zero-order chi connectivity index (χ0) is 14.7. The van der Waals surface area contributed by atoms with Crippen LogP contribution in [0, 0.1) is 0 Å². The number of rotatable bonds is 5. The molecule has 21 heavy (non-hydrogen) atoms. The van der Waals surface area contributed by atoms with Crippen molar-refractivity contribution in [3.63, 3.8) is 0 Å². The van der Waals surface area contributed by atoms with Crippen LogP contribution >= 0.6 is 0 Å². The molecule has 0 saturated carbocycles. The monoisotopic (exact) mass is 280 g/mol. The summed E-state index contributed by atoms with van der Waals surface area (Å²) in [5, 5.41) is 8.70. The van der Waals surface area contributed by atoms with Crippen LogP contribution in [0.3, 0.4) is 0 Å². The van der Waals surface area contributed by atoms with E-state index in [1.165, 1.54) is 10.8 Å². The first-order chi connectivity index (χ1) is 10.3. The minimum Gasteiger partial charge on any atom is -0.361 e. The first kappa shape index (κ1) is 13.7. The molecule has 0 radical (unpaired) electrons. The lowest BCUT2D eigenvalue weighted by Gasteiger charge is -2.19. The van der Waals surface area contributed by atoms with E-state index in [-0.39, 0.29) is 5.91 Å². The number of hydrogen-bond acceptors (Lipinski definition) is 2. The standard InChI is InChI=1S/C18H20N2O/c1-2-3-10-19-17(21)11-14-12-20-16-9-5-7-13-6-4-8-15(14)18(13)16/h4-9,12,20H,2-3,10-11H2,1H3,(H,19,21). The van der Waals surface area contributed by atoms with Gasteiger partial charge < -0.3 is 10.6 Å². The maximum absolute atomic E-state index is 12.0. The largest absolute Gasteiger partial charge is 0.361 e. The molecule has 1 aliphatic rings. The number of carbonyl (C=O) groups excluding carboxylic acids is 1. The highest BCUT2D eigenvalue weighted by Crippen LogP contribution is 2.35. The van der Waals surface area contributed by atoms with E-state index in [1.807, 2.05) is 12.3 Å². The molecule has 0 aliphatic carbocycles. The molecule has 3 heteroatoms. The van der Waals surface area contributed by atoms with Crippen molar-refractivity contribution < 1.29 is 4.79 Å². The lowest BCUT2D eigenvalue weighted by molar-refractivity contribution is -0.120. The van der Waals surface area contributed by atoms with Gasteiger partial charge in [0.05, 0.1) is 6.42 Å². The van der Waals surface area contributed by atoms with Crippen molar-refractivity contribution in [1.29, 1.82) is 0 Å².